The van der Waals surface area contributed by atoms with E-state index in [1.54, 1.807) is 0 Å². The average Bonchev–Trinajstić information content (AvgIpc) is 2.20. The van der Waals surface area contributed by atoms with Crippen LogP contribution in [-0.4, -0.2) is 23.4 Å². The molecule has 0 saturated heterocycles. The Balaban J connectivity index is 3.20. The van der Waals surface area contributed by atoms with Crippen LogP contribution in [0.2, 0.25) is 5.15 Å². The summed E-state index contributed by atoms with van der Waals surface area (Å²) in [6.45, 7) is 0. The molecule has 0 aromatic carbocycles. The summed E-state index contributed by atoms with van der Waals surface area (Å²) in [5.74, 6) is -1.55. The SMILES string of the molecule is FC(F)(F)c1cc(Cl)nc(OC(C(F)(F)F)C(F)(F)F)c1. The predicted octanol–water partition coefficient (Wildman–Crippen LogP) is 4.63. The van der Waals surface area contributed by atoms with E-state index in [1.807, 2.05) is 0 Å². The topological polar surface area (TPSA) is 22.1 Å². The van der Waals surface area contributed by atoms with E-state index in [9.17, 15) is 39.5 Å². The monoisotopic (exact) mass is 347 g/mol. The standard InChI is InChI=1S/C9H3ClF9NO/c10-4-1-3(7(11,12)13)2-5(20-4)21-6(8(14,15)16)9(17,18)19/h1-2,6H. The molecule has 0 amide bonds. The number of halogens is 10. The van der Waals surface area contributed by atoms with Crippen molar-refractivity contribution in [3.8, 4) is 5.88 Å². The van der Waals surface area contributed by atoms with Crippen molar-refractivity contribution in [3.63, 3.8) is 0 Å². The Kier molecular flexibility index (Phi) is 4.56. The second-order valence-corrected chi connectivity index (χ2v) is 3.98. The molecule has 0 saturated carbocycles. The van der Waals surface area contributed by atoms with E-state index in [2.05, 4.69) is 9.72 Å². The third-order valence-electron chi connectivity index (χ3n) is 1.93. The summed E-state index contributed by atoms with van der Waals surface area (Å²) in [4.78, 5) is 2.86. The van der Waals surface area contributed by atoms with E-state index in [-0.39, 0.29) is 12.1 Å². The highest BCUT2D eigenvalue weighted by molar-refractivity contribution is 6.29. The smallest absolute Gasteiger partial charge is 0.434 e. The van der Waals surface area contributed by atoms with Crippen molar-refractivity contribution in [3.05, 3.63) is 22.8 Å². The molecular weight excluding hydrogens is 345 g/mol. The Labute approximate surface area is 115 Å². The van der Waals surface area contributed by atoms with Gasteiger partial charge >= 0.3 is 18.5 Å². The van der Waals surface area contributed by atoms with Crippen LogP contribution in [0.1, 0.15) is 5.56 Å². The molecule has 120 valence electrons. The number of aromatic nitrogens is 1. The maximum absolute atomic E-state index is 12.4. The van der Waals surface area contributed by atoms with Gasteiger partial charge in [0.1, 0.15) is 5.15 Å². The third-order valence-corrected chi connectivity index (χ3v) is 2.12. The molecule has 21 heavy (non-hydrogen) atoms. The van der Waals surface area contributed by atoms with E-state index < -0.39 is 41.2 Å². The minimum Gasteiger partial charge on any atom is -0.455 e. The largest absolute Gasteiger partial charge is 0.455 e. The minimum absolute atomic E-state index is 0.115. The molecule has 0 aliphatic carbocycles. The molecule has 1 rings (SSSR count). The second kappa shape index (κ2) is 5.43. The van der Waals surface area contributed by atoms with Crippen molar-refractivity contribution in [2.24, 2.45) is 0 Å². The molecule has 0 unspecified atom stereocenters. The predicted molar refractivity (Wildman–Crippen MR) is 50.8 cm³/mol. The maximum atomic E-state index is 12.4. The Morgan fingerprint density at radius 3 is 1.76 bits per heavy atom. The molecule has 0 radical (unpaired) electrons. The van der Waals surface area contributed by atoms with Crippen LogP contribution in [0.5, 0.6) is 5.88 Å². The average molecular weight is 348 g/mol. The first-order valence-corrected chi connectivity index (χ1v) is 5.14. The molecule has 0 spiro atoms. The zero-order valence-electron chi connectivity index (χ0n) is 9.37. The maximum Gasteiger partial charge on any atom is 0.434 e. The van der Waals surface area contributed by atoms with Gasteiger partial charge in [0.25, 0.3) is 6.10 Å². The quantitative estimate of drug-likeness (QED) is 0.575. The molecule has 0 bridgehead atoms. The lowest BCUT2D eigenvalue weighted by atomic mass is 10.2. The highest BCUT2D eigenvalue weighted by Crippen LogP contribution is 2.38. The number of hydrogen-bond acceptors (Lipinski definition) is 2. The number of pyridine rings is 1. The fraction of sp³-hybridized carbons (Fsp3) is 0.444. The zero-order valence-corrected chi connectivity index (χ0v) is 10.1. The van der Waals surface area contributed by atoms with Crippen LogP contribution in [0.3, 0.4) is 0 Å². The molecule has 1 heterocycles. The molecule has 12 heteroatoms. The van der Waals surface area contributed by atoms with Gasteiger partial charge in [-0.15, -0.1) is 0 Å². The summed E-state index contributed by atoms with van der Waals surface area (Å²) < 4.78 is 114. The lowest BCUT2D eigenvalue weighted by molar-refractivity contribution is -0.300. The molecule has 0 fully saturated rings. The fourth-order valence-corrected chi connectivity index (χ4v) is 1.34. The lowest BCUT2D eigenvalue weighted by Crippen LogP contribution is -2.46. The number of alkyl halides is 9. The van der Waals surface area contributed by atoms with Gasteiger partial charge in [-0.1, -0.05) is 11.6 Å². The molecule has 2 nitrogen and oxygen atoms in total. The Hall–Kier alpha value is -1.39. The summed E-state index contributed by atoms with van der Waals surface area (Å²) in [6.07, 6.45) is -21.1. The van der Waals surface area contributed by atoms with Crippen molar-refractivity contribution in [2.75, 3.05) is 0 Å². The number of nitrogens with zero attached hydrogens (tertiary/aromatic N) is 1. The summed E-state index contributed by atoms with van der Waals surface area (Å²) in [6, 6.07) is 0.112. The number of hydrogen-bond donors (Lipinski definition) is 0. The van der Waals surface area contributed by atoms with Gasteiger partial charge in [0.05, 0.1) is 5.56 Å². The Morgan fingerprint density at radius 1 is 0.905 bits per heavy atom. The Morgan fingerprint density at radius 2 is 1.38 bits per heavy atom. The van der Waals surface area contributed by atoms with Crippen LogP contribution in [-0.2, 0) is 6.18 Å². The molecule has 0 aliphatic rings. The molecule has 0 atom stereocenters. The van der Waals surface area contributed by atoms with Crippen molar-refractivity contribution >= 4 is 11.6 Å². The van der Waals surface area contributed by atoms with Gasteiger partial charge in [0, 0.05) is 6.07 Å². The van der Waals surface area contributed by atoms with Crippen LogP contribution in [0.25, 0.3) is 0 Å². The van der Waals surface area contributed by atoms with Gasteiger partial charge in [-0.05, 0) is 6.07 Å². The molecule has 0 aliphatic heterocycles. The van der Waals surface area contributed by atoms with Crippen LogP contribution in [0, 0.1) is 0 Å². The van der Waals surface area contributed by atoms with Gasteiger partial charge in [-0.25, -0.2) is 4.98 Å². The van der Waals surface area contributed by atoms with Crippen molar-refractivity contribution < 1.29 is 44.3 Å². The van der Waals surface area contributed by atoms with E-state index in [0.717, 1.165) is 0 Å². The Bertz CT molecular complexity index is 493. The van der Waals surface area contributed by atoms with Crippen molar-refractivity contribution in [2.45, 2.75) is 24.6 Å². The lowest BCUT2D eigenvalue weighted by Gasteiger charge is -2.23. The highest BCUT2D eigenvalue weighted by atomic mass is 35.5. The van der Waals surface area contributed by atoms with E-state index in [4.69, 9.17) is 11.6 Å². The van der Waals surface area contributed by atoms with Crippen molar-refractivity contribution in [1.29, 1.82) is 0 Å². The van der Waals surface area contributed by atoms with Crippen molar-refractivity contribution in [1.82, 2.24) is 4.98 Å². The second-order valence-electron chi connectivity index (χ2n) is 3.60. The van der Waals surface area contributed by atoms with E-state index >= 15 is 0 Å². The molecule has 1 aromatic heterocycles. The summed E-state index contributed by atoms with van der Waals surface area (Å²) >= 11 is 5.11. The van der Waals surface area contributed by atoms with Gasteiger partial charge < -0.3 is 4.74 Å². The molecule has 1 aromatic rings. The van der Waals surface area contributed by atoms with Gasteiger partial charge in [-0.3, -0.25) is 0 Å². The van der Waals surface area contributed by atoms with Gasteiger partial charge in [0.15, 0.2) is 0 Å². The zero-order chi connectivity index (χ0) is 16.6. The van der Waals surface area contributed by atoms with E-state index in [1.165, 1.54) is 0 Å². The molecule has 0 N–H and O–H groups in total. The van der Waals surface area contributed by atoms with E-state index in [0.29, 0.717) is 0 Å². The van der Waals surface area contributed by atoms with Crippen LogP contribution in [0.15, 0.2) is 12.1 Å². The summed E-state index contributed by atoms with van der Waals surface area (Å²) in [7, 11) is 0. The third kappa shape index (κ3) is 4.83. The highest BCUT2D eigenvalue weighted by Gasteiger charge is 2.59. The van der Waals surface area contributed by atoms with Crippen LogP contribution >= 0.6 is 11.6 Å². The fourth-order valence-electron chi connectivity index (χ4n) is 1.14. The summed E-state index contributed by atoms with van der Waals surface area (Å²) in [5, 5.41) is -0.970. The summed E-state index contributed by atoms with van der Waals surface area (Å²) in [5.41, 5.74) is -1.60. The number of ether oxygens (including phenoxy) is 1. The minimum atomic E-state index is -5.89. The van der Waals surface area contributed by atoms with Crippen LogP contribution < -0.4 is 4.74 Å². The first-order valence-electron chi connectivity index (χ1n) is 4.76. The van der Waals surface area contributed by atoms with Crippen LogP contribution in [0.4, 0.5) is 39.5 Å². The van der Waals surface area contributed by atoms with Gasteiger partial charge in [-0.2, -0.15) is 39.5 Å². The molecular formula is C9H3ClF9NO. The first-order chi connectivity index (χ1) is 9.21. The normalized spacial score (nSPS) is 13.7. The number of rotatable bonds is 2. The first kappa shape index (κ1) is 17.7. The van der Waals surface area contributed by atoms with Gasteiger partial charge in [0.2, 0.25) is 5.88 Å².